The molecule has 3 aromatic carbocycles. The Kier molecular flexibility index (Phi) is 7.08. The molecule has 5 rings (SSSR count). The van der Waals surface area contributed by atoms with Gasteiger partial charge in [0, 0.05) is 73.1 Å². The maximum atomic E-state index is 11.1. The van der Waals surface area contributed by atoms with E-state index in [-0.39, 0.29) is 0 Å². The fraction of sp³-hybridized carbons (Fsp3) is 0.280. The van der Waals surface area contributed by atoms with Crippen LogP contribution < -0.4 is 4.90 Å². The number of fused-ring (bicyclic) bond motifs is 3. The van der Waals surface area contributed by atoms with Crippen LogP contribution in [0.5, 0.6) is 0 Å². The second kappa shape index (κ2) is 9.88. The van der Waals surface area contributed by atoms with Crippen LogP contribution in [0, 0.1) is 0 Å². The third-order valence-electron chi connectivity index (χ3n) is 6.26. The van der Waals surface area contributed by atoms with Gasteiger partial charge in [-0.1, -0.05) is 43.5 Å². The zero-order valence-corrected chi connectivity index (χ0v) is 23.3. The van der Waals surface area contributed by atoms with Gasteiger partial charge in [-0.3, -0.25) is 4.90 Å². The molecule has 0 saturated carbocycles. The number of nitrogens with zero attached hydrogens (tertiary/aromatic N) is 3. The van der Waals surface area contributed by atoms with Crippen molar-refractivity contribution in [3.8, 4) is 0 Å². The molecule has 1 N–H and O–H groups in total. The zero-order valence-electron chi connectivity index (χ0n) is 17.8. The van der Waals surface area contributed by atoms with E-state index in [0.717, 1.165) is 61.0 Å². The number of hydrogen-bond donors (Lipinski definition) is 1. The van der Waals surface area contributed by atoms with Crippen molar-refractivity contribution in [1.29, 1.82) is 0 Å². The lowest BCUT2D eigenvalue weighted by Crippen LogP contribution is -2.49. The number of hydrogen-bond acceptors (Lipinski definition) is 3. The number of β-amino-alcohol motifs (C(OH)–C–C–N with tert-alkyl or cyclic N) is 1. The third-order valence-corrected chi connectivity index (χ3v) is 8.07. The predicted molar refractivity (Wildman–Crippen MR) is 149 cm³/mol. The van der Waals surface area contributed by atoms with Gasteiger partial charge in [-0.05, 0) is 70.5 Å². The lowest BCUT2D eigenvalue weighted by Gasteiger charge is -2.37. The first-order valence-corrected chi connectivity index (χ1v) is 13.6. The van der Waals surface area contributed by atoms with Gasteiger partial charge in [-0.15, -0.1) is 0 Å². The minimum absolute atomic E-state index is 0.468. The molecule has 1 saturated heterocycles. The van der Waals surface area contributed by atoms with E-state index in [0.29, 0.717) is 13.1 Å². The van der Waals surface area contributed by atoms with Crippen molar-refractivity contribution in [2.75, 3.05) is 37.6 Å². The molecule has 1 aliphatic rings. The van der Waals surface area contributed by atoms with E-state index in [9.17, 15) is 5.11 Å². The molecule has 4 aromatic rings. The highest BCUT2D eigenvalue weighted by molar-refractivity contribution is 9.11. The molecule has 1 atom stereocenters. The third kappa shape index (κ3) is 5.00. The van der Waals surface area contributed by atoms with E-state index in [1.54, 1.807) is 0 Å². The molecule has 1 aliphatic heterocycles. The molecule has 1 aromatic heterocycles. The van der Waals surface area contributed by atoms with Crippen LogP contribution in [0.4, 0.5) is 5.69 Å². The maximum absolute atomic E-state index is 11.1. The van der Waals surface area contributed by atoms with Crippen molar-refractivity contribution < 1.29 is 5.11 Å². The fourth-order valence-corrected chi connectivity index (χ4v) is 6.65. The summed E-state index contributed by atoms with van der Waals surface area (Å²) >= 11 is 17.0. The van der Waals surface area contributed by atoms with Crippen molar-refractivity contribution >= 4 is 86.9 Å². The Hall–Kier alpha value is -1.09. The summed E-state index contributed by atoms with van der Waals surface area (Å²) in [6.45, 7) is 4.93. The van der Waals surface area contributed by atoms with Crippen LogP contribution in [-0.2, 0) is 6.54 Å². The molecule has 0 amide bonds. The van der Waals surface area contributed by atoms with E-state index < -0.39 is 6.10 Å². The number of anilines is 1. The minimum Gasteiger partial charge on any atom is -0.390 e. The van der Waals surface area contributed by atoms with E-state index in [1.165, 1.54) is 11.1 Å². The van der Waals surface area contributed by atoms with Crippen LogP contribution in [0.2, 0.25) is 5.02 Å². The lowest BCUT2D eigenvalue weighted by atomic mass is 10.2. The highest BCUT2D eigenvalue weighted by Crippen LogP contribution is 2.37. The maximum Gasteiger partial charge on any atom is 0.0846 e. The number of benzene rings is 3. The molecule has 8 heteroatoms. The van der Waals surface area contributed by atoms with Crippen molar-refractivity contribution in [3.63, 3.8) is 0 Å². The van der Waals surface area contributed by atoms with Crippen LogP contribution in [0.25, 0.3) is 21.8 Å². The van der Waals surface area contributed by atoms with Gasteiger partial charge in [0.05, 0.1) is 18.2 Å². The molecular formula is C25H23Br3ClN3O. The number of aliphatic hydroxyl groups excluding tert-OH is 1. The SMILES string of the molecule is O[C@H](CN1CCN(c2ccc(Cl)cc2)CC1)Cn1c2ccc(Br)cc2c2cc(Br)cc(Br)c21. The van der Waals surface area contributed by atoms with Crippen LogP contribution in [-0.4, -0.2) is 53.4 Å². The Bertz CT molecular complexity index is 1300. The second-order valence-corrected chi connectivity index (χ2v) is 11.6. The molecule has 0 radical (unpaired) electrons. The summed E-state index contributed by atoms with van der Waals surface area (Å²) in [6.07, 6.45) is -0.468. The number of aliphatic hydroxyl groups is 1. The molecule has 0 spiro atoms. The molecule has 4 nitrogen and oxygen atoms in total. The Morgan fingerprint density at radius 3 is 2.24 bits per heavy atom. The summed E-state index contributed by atoms with van der Waals surface area (Å²) in [5.74, 6) is 0. The molecule has 1 fully saturated rings. The zero-order chi connectivity index (χ0) is 23.1. The number of aromatic nitrogens is 1. The Balaban J connectivity index is 1.32. The Morgan fingerprint density at radius 1 is 0.818 bits per heavy atom. The standard InChI is InChI=1S/C25H23Br3ClN3O/c26-16-1-6-24-21(11-16)22-12-17(27)13-23(28)25(22)32(24)15-20(33)14-30-7-9-31(10-8-30)19-4-2-18(29)3-5-19/h1-6,11-13,20,33H,7-10,14-15H2/t20-/m1/s1. The van der Waals surface area contributed by atoms with E-state index in [1.807, 2.05) is 12.1 Å². The smallest absolute Gasteiger partial charge is 0.0846 e. The highest BCUT2D eigenvalue weighted by atomic mass is 79.9. The van der Waals surface area contributed by atoms with Gasteiger partial charge in [-0.25, -0.2) is 0 Å². The minimum atomic E-state index is -0.468. The Morgan fingerprint density at radius 2 is 1.52 bits per heavy atom. The Labute approximate surface area is 223 Å². The summed E-state index contributed by atoms with van der Waals surface area (Å²) in [5.41, 5.74) is 3.43. The normalized spacial score (nSPS) is 16.1. The molecule has 172 valence electrons. The van der Waals surface area contributed by atoms with E-state index in [4.69, 9.17) is 11.6 Å². The predicted octanol–water partition coefficient (Wildman–Crippen LogP) is 6.92. The van der Waals surface area contributed by atoms with Gasteiger partial charge in [0.1, 0.15) is 0 Å². The molecule has 0 aliphatic carbocycles. The molecule has 0 unspecified atom stereocenters. The molecule has 33 heavy (non-hydrogen) atoms. The largest absolute Gasteiger partial charge is 0.390 e. The topological polar surface area (TPSA) is 31.6 Å². The fourth-order valence-electron chi connectivity index (χ4n) is 4.72. The van der Waals surface area contributed by atoms with Crippen LogP contribution in [0.3, 0.4) is 0 Å². The second-order valence-electron chi connectivity index (χ2n) is 8.47. The van der Waals surface area contributed by atoms with Gasteiger partial charge in [0.15, 0.2) is 0 Å². The number of halogens is 4. The molecular weight excluding hydrogens is 633 g/mol. The molecule has 0 bridgehead atoms. The van der Waals surface area contributed by atoms with Crippen LogP contribution in [0.1, 0.15) is 0 Å². The van der Waals surface area contributed by atoms with Gasteiger partial charge in [-0.2, -0.15) is 0 Å². The van der Waals surface area contributed by atoms with Crippen LogP contribution >= 0.6 is 59.4 Å². The van der Waals surface area contributed by atoms with Crippen LogP contribution in [0.15, 0.2) is 68.0 Å². The van der Waals surface area contributed by atoms with Crippen molar-refractivity contribution in [2.24, 2.45) is 0 Å². The summed E-state index contributed by atoms with van der Waals surface area (Å²) in [5, 5.41) is 14.2. The first-order valence-electron chi connectivity index (χ1n) is 10.9. The molecule has 2 heterocycles. The van der Waals surface area contributed by atoms with Crippen molar-refractivity contribution in [1.82, 2.24) is 9.47 Å². The summed E-state index contributed by atoms with van der Waals surface area (Å²) in [6, 6.07) is 18.6. The van der Waals surface area contributed by atoms with Gasteiger partial charge in [0.25, 0.3) is 0 Å². The first-order chi connectivity index (χ1) is 15.9. The van der Waals surface area contributed by atoms with Gasteiger partial charge in [0.2, 0.25) is 0 Å². The van der Waals surface area contributed by atoms with E-state index in [2.05, 4.69) is 105 Å². The van der Waals surface area contributed by atoms with Crippen molar-refractivity contribution in [2.45, 2.75) is 12.6 Å². The summed E-state index contributed by atoms with van der Waals surface area (Å²) < 4.78 is 5.33. The number of piperazine rings is 1. The van der Waals surface area contributed by atoms with Crippen molar-refractivity contribution in [3.05, 3.63) is 73.0 Å². The highest BCUT2D eigenvalue weighted by Gasteiger charge is 2.22. The monoisotopic (exact) mass is 653 g/mol. The van der Waals surface area contributed by atoms with E-state index >= 15 is 0 Å². The lowest BCUT2D eigenvalue weighted by molar-refractivity contribution is 0.0969. The summed E-state index contributed by atoms with van der Waals surface area (Å²) in [4.78, 5) is 4.73. The quantitative estimate of drug-likeness (QED) is 0.253. The number of rotatable bonds is 5. The van der Waals surface area contributed by atoms with Gasteiger partial charge >= 0.3 is 0 Å². The van der Waals surface area contributed by atoms with Gasteiger partial charge < -0.3 is 14.6 Å². The average molecular weight is 657 g/mol. The first kappa shape index (κ1) is 23.6. The average Bonchev–Trinajstić information content (AvgIpc) is 3.07. The summed E-state index contributed by atoms with van der Waals surface area (Å²) in [7, 11) is 0.